The summed E-state index contributed by atoms with van der Waals surface area (Å²) >= 11 is 0. The van der Waals surface area contributed by atoms with Crippen molar-refractivity contribution in [1.29, 1.82) is 0 Å². The SMILES string of the molecule is CN=C(NCC1CCCOC1C(C)(C)C)N1CCC(CN2CCCC2)C1.I. The molecule has 3 aliphatic heterocycles. The van der Waals surface area contributed by atoms with Crippen LogP contribution in [0.4, 0.5) is 0 Å². The van der Waals surface area contributed by atoms with Gasteiger partial charge in [0, 0.05) is 45.8 Å². The lowest BCUT2D eigenvalue weighted by atomic mass is 9.78. The molecular formula is C21H41IN4O. The van der Waals surface area contributed by atoms with E-state index < -0.39 is 0 Å². The number of hydrogen-bond acceptors (Lipinski definition) is 3. The van der Waals surface area contributed by atoms with Crippen molar-refractivity contribution < 1.29 is 4.74 Å². The van der Waals surface area contributed by atoms with Crippen molar-refractivity contribution in [2.24, 2.45) is 22.2 Å². The van der Waals surface area contributed by atoms with Gasteiger partial charge in [-0.05, 0) is 56.5 Å². The molecule has 3 saturated heterocycles. The zero-order valence-electron chi connectivity index (χ0n) is 17.9. The Kier molecular flexibility index (Phi) is 9.13. The van der Waals surface area contributed by atoms with Gasteiger partial charge in [0.05, 0.1) is 6.10 Å². The lowest BCUT2D eigenvalue weighted by molar-refractivity contribution is -0.0836. The molecule has 3 rings (SSSR count). The molecule has 6 heteroatoms. The standard InChI is InChI=1S/C21H40N4O.HI/c1-21(2,3)19-18(8-7-13-26-19)14-23-20(22-4)25-12-9-17(16-25)15-24-10-5-6-11-24;/h17-19H,5-16H2,1-4H3,(H,22,23);1H. The summed E-state index contributed by atoms with van der Waals surface area (Å²) in [6.45, 7) is 15.0. The van der Waals surface area contributed by atoms with Crippen LogP contribution >= 0.6 is 24.0 Å². The van der Waals surface area contributed by atoms with Gasteiger partial charge >= 0.3 is 0 Å². The van der Waals surface area contributed by atoms with E-state index in [-0.39, 0.29) is 29.4 Å². The van der Waals surface area contributed by atoms with Crippen LogP contribution in [0.2, 0.25) is 0 Å². The highest BCUT2D eigenvalue weighted by Crippen LogP contribution is 2.33. The second kappa shape index (κ2) is 10.6. The maximum Gasteiger partial charge on any atom is 0.193 e. The minimum Gasteiger partial charge on any atom is -0.377 e. The van der Waals surface area contributed by atoms with Crippen LogP contribution in [0.3, 0.4) is 0 Å². The van der Waals surface area contributed by atoms with E-state index in [2.05, 4.69) is 40.9 Å². The number of nitrogens with zero attached hydrogens (tertiary/aromatic N) is 3. The smallest absolute Gasteiger partial charge is 0.193 e. The van der Waals surface area contributed by atoms with Gasteiger partial charge < -0.3 is 19.9 Å². The van der Waals surface area contributed by atoms with Crippen molar-refractivity contribution in [2.75, 3.05) is 52.9 Å². The Morgan fingerprint density at radius 2 is 1.85 bits per heavy atom. The Balaban J connectivity index is 0.00000261. The number of aliphatic imine (C=N–C) groups is 1. The van der Waals surface area contributed by atoms with Crippen molar-refractivity contribution in [3.05, 3.63) is 0 Å². The fraction of sp³-hybridized carbons (Fsp3) is 0.952. The van der Waals surface area contributed by atoms with Crippen LogP contribution in [0.15, 0.2) is 4.99 Å². The van der Waals surface area contributed by atoms with Crippen molar-refractivity contribution in [3.63, 3.8) is 0 Å². The fourth-order valence-corrected chi connectivity index (χ4v) is 5.07. The number of hydrogen-bond donors (Lipinski definition) is 1. The molecule has 158 valence electrons. The van der Waals surface area contributed by atoms with Crippen molar-refractivity contribution in [3.8, 4) is 0 Å². The molecule has 0 spiro atoms. The Morgan fingerprint density at radius 3 is 2.52 bits per heavy atom. The summed E-state index contributed by atoms with van der Waals surface area (Å²) in [6, 6.07) is 0. The Hall–Kier alpha value is -0.0800. The molecule has 0 aromatic heterocycles. The Labute approximate surface area is 183 Å². The molecule has 3 unspecified atom stereocenters. The van der Waals surface area contributed by atoms with E-state index in [1.807, 2.05) is 7.05 Å². The van der Waals surface area contributed by atoms with Gasteiger partial charge in [-0.1, -0.05) is 20.8 Å². The Bertz CT molecular complexity index is 473. The maximum atomic E-state index is 6.14. The first-order chi connectivity index (χ1) is 12.5. The van der Waals surface area contributed by atoms with Gasteiger partial charge in [-0.25, -0.2) is 0 Å². The van der Waals surface area contributed by atoms with E-state index in [4.69, 9.17) is 4.74 Å². The number of guanidine groups is 1. The highest BCUT2D eigenvalue weighted by atomic mass is 127. The van der Waals surface area contributed by atoms with Crippen LogP contribution in [0.1, 0.15) is 52.9 Å². The van der Waals surface area contributed by atoms with Crippen molar-refractivity contribution >= 4 is 29.9 Å². The van der Waals surface area contributed by atoms with Crippen molar-refractivity contribution in [2.45, 2.75) is 59.0 Å². The van der Waals surface area contributed by atoms with Crippen LogP contribution in [0.25, 0.3) is 0 Å². The number of likely N-dealkylation sites (tertiary alicyclic amines) is 2. The second-order valence-corrected chi connectivity index (χ2v) is 9.60. The first-order valence-electron chi connectivity index (χ1n) is 10.8. The van der Waals surface area contributed by atoms with E-state index in [1.165, 1.54) is 51.7 Å². The van der Waals surface area contributed by atoms with Crippen LogP contribution in [0.5, 0.6) is 0 Å². The molecule has 0 amide bonds. The molecule has 0 aromatic carbocycles. The van der Waals surface area contributed by atoms with E-state index in [9.17, 15) is 0 Å². The summed E-state index contributed by atoms with van der Waals surface area (Å²) in [5.41, 5.74) is 0.199. The molecule has 0 radical (unpaired) electrons. The van der Waals surface area contributed by atoms with Gasteiger partial charge in [0.25, 0.3) is 0 Å². The zero-order chi connectivity index (χ0) is 18.6. The van der Waals surface area contributed by atoms with Gasteiger partial charge in [0.1, 0.15) is 0 Å². The van der Waals surface area contributed by atoms with E-state index in [0.29, 0.717) is 12.0 Å². The summed E-state index contributed by atoms with van der Waals surface area (Å²) in [7, 11) is 1.93. The molecule has 27 heavy (non-hydrogen) atoms. The summed E-state index contributed by atoms with van der Waals surface area (Å²) in [5, 5.41) is 3.68. The number of ether oxygens (including phenoxy) is 1. The Morgan fingerprint density at radius 1 is 1.11 bits per heavy atom. The van der Waals surface area contributed by atoms with Crippen LogP contribution < -0.4 is 5.32 Å². The van der Waals surface area contributed by atoms with E-state index in [0.717, 1.165) is 38.1 Å². The van der Waals surface area contributed by atoms with Gasteiger partial charge in [0.15, 0.2) is 5.96 Å². The molecule has 3 atom stereocenters. The average molecular weight is 492 g/mol. The monoisotopic (exact) mass is 492 g/mol. The zero-order valence-corrected chi connectivity index (χ0v) is 20.2. The topological polar surface area (TPSA) is 40.1 Å². The average Bonchev–Trinajstić information content (AvgIpc) is 3.28. The summed E-state index contributed by atoms with van der Waals surface area (Å²) < 4.78 is 6.14. The minimum absolute atomic E-state index is 0. The van der Waals surface area contributed by atoms with E-state index in [1.54, 1.807) is 0 Å². The molecule has 0 bridgehead atoms. The molecule has 1 N–H and O–H groups in total. The van der Waals surface area contributed by atoms with Crippen molar-refractivity contribution in [1.82, 2.24) is 15.1 Å². The summed E-state index contributed by atoms with van der Waals surface area (Å²) in [5.74, 6) is 2.46. The van der Waals surface area contributed by atoms with Crippen LogP contribution in [-0.4, -0.2) is 74.8 Å². The molecule has 3 aliphatic rings. The highest BCUT2D eigenvalue weighted by molar-refractivity contribution is 14.0. The number of halogens is 1. The van der Waals surface area contributed by atoms with Gasteiger partial charge in [-0.3, -0.25) is 4.99 Å². The molecular weight excluding hydrogens is 451 g/mol. The molecule has 3 heterocycles. The molecule has 0 aliphatic carbocycles. The fourth-order valence-electron chi connectivity index (χ4n) is 5.07. The molecule has 0 aromatic rings. The second-order valence-electron chi connectivity index (χ2n) is 9.60. The lowest BCUT2D eigenvalue weighted by Crippen LogP contribution is -2.48. The maximum absolute atomic E-state index is 6.14. The molecule has 5 nitrogen and oxygen atoms in total. The third-order valence-electron chi connectivity index (χ3n) is 6.33. The lowest BCUT2D eigenvalue weighted by Gasteiger charge is -2.40. The van der Waals surface area contributed by atoms with Gasteiger partial charge in [0.2, 0.25) is 0 Å². The predicted octanol–water partition coefficient (Wildman–Crippen LogP) is 3.44. The van der Waals surface area contributed by atoms with Gasteiger partial charge in [-0.15, -0.1) is 24.0 Å². The third kappa shape index (κ3) is 6.46. The largest absolute Gasteiger partial charge is 0.377 e. The third-order valence-corrected chi connectivity index (χ3v) is 6.33. The summed E-state index contributed by atoms with van der Waals surface area (Å²) in [6.07, 6.45) is 6.84. The molecule has 0 saturated carbocycles. The first-order valence-corrected chi connectivity index (χ1v) is 10.8. The normalized spacial score (nSPS) is 30.4. The molecule has 3 fully saturated rings. The quantitative estimate of drug-likeness (QED) is 0.371. The van der Waals surface area contributed by atoms with Gasteiger partial charge in [-0.2, -0.15) is 0 Å². The summed E-state index contributed by atoms with van der Waals surface area (Å²) in [4.78, 5) is 9.70. The first kappa shape index (κ1) is 23.2. The number of nitrogens with one attached hydrogen (secondary N) is 1. The number of rotatable bonds is 4. The van der Waals surface area contributed by atoms with Crippen LogP contribution in [-0.2, 0) is 4.74 Å². The highest BCUT2D eigenvalue weighted by Gasteiger charge is 2.36. The minimum atomic E-state index is 0. The van der Waals surface area contributed by atoms with E-state index >= 15 is 0 Å². The van der Waals surface area contributed by atoms with Crippen LogP contribution in [0, 0.1) is 17.3 Å². The predicted molar refractivity (Wildman–Crippen MR) is 124 cm³/mol.